The van der Waals surface area contributed by atoms with Crippen LogP contribution in [0.1, 0.15) is 25.0 Å². The molecule has 0 fully saturated rings. The van der Waals surface area contributed by atoms with Gasteiger partial charge in [0.25, 0.3) is 0 Å². The fourth-order valence-electron chi connectivity index (χ4n) is 2.45. The SMILES string of the molecule is CCN(CC)c1ccc(/C=N/NC(N)=S)c(OCc2ccc(Cl)cc2)c1. The second kappa shape index (κ2) is 9.99. The molecule has 0 saturated carbocycles. The minimum Gasteiger partial charge on any atom is -0.488 e. The van der Waals surface area contributed by atoms with Crippen molar-refractivity contribution in [2.75, 3.05) is 18.0 Å². The van der Waals surface area contributed by atoms with Crippen LogP contribution in [0.25, 0.3) is 0 Å². The van der Waals surface area contributed by atoms with E-state index >= 15 is 0 Å². The van der Waals surface area contributed by atoms with Gasteiger partial charge in [0.2, 0.25) is 0 Å². The normalized spacial score (nSPS) is 10.7. The predicted molar refractivity (Wildman–Crippen MR) is 113 cm³/mol. The molecular weight excluding hydrogens is 368 g/mol. The summed E-state index contributed by atoms with van der Waals surface area (Å²) in [7, 11) is 0. The zero-order chi connectivity index (χ0) is 18.9. The summed E-state index contributed by atoms with van der Waals surface area (Å²) >= 11 is 10.7. The molecule has 0 aliphatic carbocycles. The number of hydrogen-bond acceptors (Lipinski definition) is 4. The van der Waals surface area contributed by atoms with Gasteiger partial charge in [-0.25, -0.2) is 0 Å². The molecular formula is C19H23ClN4OS. The van der Waals surface area contributed by atoms with E-state index < -0.39 is 0 Å². The van der Waals surface area contributed by atoms with Crippen LogP contribution in [0.2, 0.25) is 5.02 Å². The van der Waals surface area contributed by atoms with Crippen LogP contribution in [-0.4, -0.2) is 24.4 Å². The maximum Gasteiger partial charge on any atom is 0.184 e. The Balaban J connectivity index is 2.24. The molecule has 0 atom stereocenters. The highest BCUT2D eigenvalue weighted by atomic mass is 35.5. The van der Waals surface area contributed by atoms with Crippen molar-refractivity contribution in [2.45, 2.75) is 20.5 Å². The van der Waals surface area contributed by atoms with E-state index in [1.807, 2.05) is 42.5 Å². The third kappa shape index (κ3) is 5.89. The Labute approximate surface area is 164 Å². The molecule has 0 spiro atoms. The zero-order valence-corrected chi connectivity index (χ0v) is 16.5. The number of hydrazone groups is 1. The fraction of sp³-hybridized carbons (Fsp3) is 0.263. The van der Waals surface area contributed by atoms with Gasteiger partial charge in [0.1, 0.15) is 12.4 Å². The first-order valence-electron chi connectivity index (χ1n) is 8.38. The molecule has 0 saturated heterocycles. The molecule has 0 amide bonds. The van der Waals surface area contributed by atoms with Gasteiger partial charge in [-0.05, 0) is 55.9 Å². The molecule has 2 aromatic rings. The van der Waals surface area contributed by atoms with Gasteiger partial charge in [-0.3, -0.25) is 5.43 Å². The van der Waals surface area contributed by atoms with Gasteiger partial charge in [0.05, 0.1) is 6.21 Å². The molecule has 0 aliphatic heterocycles. The topological polar surface area (TPSA) is 62.9 Å². The standard InChI is InChI=1S/C19H23ClN4OS/c1-3-24(4-2)17-10-7-15(12-22-23-19(21)26)18(11-17)25-13-14-5-8-16(20)9-6-14/h5-12H,3-4,13H2,1-2H3,(H3,21,23,26)/b22-12+. The lowest BCUT2D eigenvalue weighted by molar-refractivity contribution is 0.306. The van der Waals surface area contributed by atoms with Crippen molar-refractivity contribution in [3.8, 4) is 5.75 Å². The molecule has 0 unspecified atom stereocenters. The van der Waals surface area contributed by atoms with Crippen LogP contribution in [-0.2, 0) is 6.61 Å². The lowest BCUT2D eigenvalue weighted by Crippen LogP contribution is -2.24. The molecule has 0 heterocycles. The highest BCUT2D eigenvalue weighted by Crippen LogP contribution is 2.26. The number of halogens is 1. The summed E-state index contributed by atoms with van der Waals surface area (Å²) in [6.07, 6.45) is 1.64. The average Bonchev–Trinajstić information content (AvgIpc) is 2.63. The second-order valence-electron chi connectivity index (χ2n) is 5.54. The molecule has 0 aliphatic rings. The van der Waals surface area contributed by atoms with E-state index in [9.17, 15) is 0 Å². The summed E-state index contributed by atoms with van der Waals surface area (Å²) in [5.41, 5.74) is 10.9. The maximum absolute atomic E-state index is 6.05. The molecule has 2 aromatic carbocycles. The third-order valence-corrected chi connectivity index (χ3v) is 4.15. The molecule has 26 heavy (non-hydrogen) atoms. The van der Waals surface area contributed by atoms with Crippen molar-refractivity contribution >= 4 is 40.8 Å². The molecule has 5 nitrogen and oxygen atoms in total. The number of thiocarbonyl (C=S) groups is 1. The summed E-state index contributed by atoms with van der Waals surface area (Å²) < 4.78 is 6.05. The Morgan fingerprint density at radius 1 is 1.23 bits per heavy atom. The number of rotatable bonds is 8. The number of nitrogens with one attached hydrogen (secondary N) is 1. The van der Waals surface area contributed by atoms with Crippen molar-refractivity contribution in [3.63, 3.8) is 0 Å². The molecule has 138 valence electrons. The fourth-order valence-corrected chi connectivity index (χ4v) is 2.63. The number of ether oxygens (including phenoxy) is 1. The van der Waals surface area contributed by atoms with Crippen LogP contribution in [0.3, 0.4) is 0 Å². The van der Waals surface area contributed by atoms with Gasteiger partial charge < -0.3 is 15.4 Å². The van der Waals surface area contributed by atoms with E-state index in [2.05, 4.69) is 29.3 Å². The minimum absolute atomic E-state index is 0.115. The quantitative estimate of drug-likeness (QED) is 0.406. The minimum atomic E-state index is 0.115. The highest BCUT2D eigenvalue weighted by molar-refractivity contribution is 7.80. The smallest absolute Gasteiger partial charge is 0.184 e. The van der Waals surface area contributed by atoms with Crippen LogP contribution in [0.15, 0.2) is 47.6 Å². The predicted octanol–water partition coefficient (Wildman–Crippen LogP) is 3.93. The van der Waals surface area contributed by atoms with Crippen LogP contribution >= 0.6 is 23.8 Å². The van der Waals surface area contributed by atoms with E-state index in [1.165, 1.54) is 0 Å². The van der Waals surface area contributed by atoms with Gasteiger partial charge >= 0.3 is 0 Å². The van der Waals surface area contributed by atoms with E-state index in [4.69, 9.17) is 34.3 Å². The van der Waals surface area contributed by atoms with Crippen LogP contribution in [0.4, 0.5) is 5.69 Å². The van der Waals surface area contributed by atoms with Gasteiger partial charge in [0.15, 0.2) is 5.11 Å². The molecule has 0 aromatic heterocycles. The lowest BCUT2D eigenvalue weighted by Gasteiger charge is -2.22. The molecule has 3 N–H and O–H groups in total. The highest BCUT2D eigenvalue weighted by Gasteiger charge is 2.08. The Morgan fingerprint density at radius 3 is 2.54 bits per heavy atom. The van der Waals surface area contributed by atoms with Crippen LogP contribution in [0.5, 0.6) is 5.75 Å². The van der Waals surface area contributed by atoms with E-state index in [1.54, 1.807) is 6.21 Å². The van der Waals surface area contributed by atoms with Crippen molar-refractivity contribution in [2.24, 2.45) is 10.8 Å². The van der Waals surface area contributed by atoms with Crippen molar-refractivity contribution < 1.29 is 4.74 Å². The van der Waals surface area contributed by atoms with Gasteiger partial charge in [-0.2, -0.15) is 5.10 Å². The Kier molecular flexibility index (Phi) is 7.69. The van der Waals surface area contributed by atoms with Crippen molar-refractivity contribution in [1.29, 1.82) is 0 Å². The summed E-state index contributed by atoms with van der Waals surface area (Å²) in [4.78, 5) is 2.25. The first kappa shape index (κ1) is 20.0. The summed E-state index contributed by atoms with van der Waals surface area (Å²) in [6, 6.07) is 13.6. The van der Waals surface area contributed by atoms with Crippen LogP contribution < -0.4 is 20.8 Å². The van der Waals surface area contributed by atoms with E-state index in [-0.39, 0.29) is 5.11 Å². The summed E-state index contributed by atoms with van der Waals surface area (Å²) in [5.74, 6) is 0.734. The van der Waals surface area contributed by atoms with Crippen molar-refractivity contribution in [1.82, 2.24) is 5.43 Å². The number of nitrogens with zero attached hydrogens (tertiary/aromatic N) is 2. The Bertz CT molecular complexity index is 761. The van der Waals surface area contributed by atoms with E-state index in [0.717, 1.165) is 35.7 Å². The van der Waals surface area contributed by atoms with Crippen molar-refractivity contribution in [3.05, 3.63) is 58.6 Å². The molecule has 7 heteroatoms. The number of benzene rings is 2. The Morgan fingerprint density at radius 2 is 1.92 bits per heavy atom. The van der Waals surface area contributed by atoms with Gasteiger partial charge in [-0.1, -0.05) is 23.7 Å². The van der Waals surface area contributed by atoms with Crippen LogP contribution in [0, 0.1) is 0 Å². The summed E-state index contributed by atoms with van der Waals surface area (Å²) in [5, 5.41) is 4.85. The van der Waals surface area contributed by atoms with Gasteiger partial charge in [0, 0.05) is 35.4 Å². The number of anilines is 1. The lowest BCUT2D eigenvalue weighted by atomic mass is 10.1. The number of hydrogen-bond donors (Lipinski definition) is 2. The zero-order valence-electron chi connectivity index (χ0n) is 14.9. The number of nitrogens with two attached hydrogens (primary N) is 1. The average molecular weight is 391 g/mol. The first-order valence-corrected chi connectivity index (χ1v) is 9.16. The van der Waals surface area contributed by atoms with Gasteiger partial charge in [-0.15, -0.1) is 0 Å². The van der Waals surface area contributed by atoms with E-state index in [0.29, 0.717) is 11.6 Å². The first-order chi connectivity index (χ1) is 12.5. The molecule has 2 rings (SSSR count). The molecule has 0 radical (unpaired) electrons. The monoisotopic (exact) mass is 390 g/mol. The summed E-state index contributed by atoms with van der Waals surface area (Å²) in [6.45, 7) is 6.52. The second-order valence-corrected chi connectivity index (χ2v) is 6.42. The maximum atomic E-state index is 6.05. The molecule has 0 bridgehead atoms. The largest absolute Gasteiger partial charge is 0.488 e. The Hall–Kier alpha value is -2.31. The third-order valence-electron chi connectivity index (χ3n) is 3.81.